The number of hydrogen-bond donors (Lipinski definition) is 2. The number of nitrogens with zero attached hydrogens (tertiary/aromatic N) is 1. The molecule has 0 amide bonds. The summed E-state index contributed by atoms with van der Waals surface area (Å²) in [6, 6.07) is 3.82. The molecule has 2 N–H and O–H groups in total. The lowest BCUT2D eigenvalue weighted by atomic mass is 10.0. The van der Waals surface area contributed by atoms with Gasteiger partial charge in [-0.3, -0.25) is 4.90 Å². The molecule has 0 spiro atoms. The molecule has 0 saturated carbocycles. The van der Waals surface area contributed by atoms with Gasteiger partial charge in [0.15, 0.2) is 0 Å². The molecule has 0 bridgehead atoms. The summed E-state index contributed by atoms with van der Waals surface area (Å²) in [6.45, 7) is 6.06. The van der Waals surface area contributed by atoms with Crippen molar-refractivity contribution < 1.29 is 5.11 Å². The van der Waals surface area contributed by atoms with Crippen LogP contribution in [0.1, 0.15) is 24.9 Å². The van der Waals surface area contributed by atoms with E-state index >= 15 is 0 Å². The molecule has 0 unspecified atom stereocenters. The van der Waals surface area contributed by atoms with Gasteiger partial charge in [0, 0.05) is 37.8 Å². The smallest absolute Gasteiger partial charge is 0.140 e. The molecule has 0 aliphatic carbocycles. The Morgan fingerprint density at radius 1 is 1.25 bits per heavy atom. The van der Waals surface area contributed by atoms with Crippen molar-refractivity contribution in [3.63, 3.8) is 0 Å². The van der Waals surface area contributed by atoms with Gasteiger partial charge in [0.25, 0.3) is 0 Å². The molecule has 0 radical (unpaired) electrons. The Balaban J connectivity index is 0.00000180. The third-order valence-electron chi connectivity index (χ3n) is 3.44. The van der Waals surface area contributed by atoms with Crippen molar-refractivity contribution in [1.29, 1.82) is 0 Å². The van der Waals surface area contributed by atoms with Gasteiger partial charge in [0.05, 0.1) is 5.02 Å². The molecule has 1 aliphatic rings. The number of phenolic OH excluding ortho intramolecular Hbond substituents is 1. The van der Waals surface area contributed by atoms with E-state index in [1.807, 2.05) is 6.07 Å². The molecule has 3 nitrogen and oxygen atoms in total. The van der Waals surface area contributed by atoms with Gasteiger partial charge in [-0.05, 0) is 12.5 Å². The Kier molecular flexibility index (Phi) is 9.23. The summed E-state index contributed by atoms with van der Waals surface area (Å²) in [5.41, 5.74) is 0.869. The minimum absolute atomic E-state index is 0. The van der Waals surface area contributed by atoms with Gasteiger partial charge >= 0.3 is 0 Å². The summed E-state index contributed by atoms with van der Waals surface area (Å²) >= 11 is 11.9. The lowest BCUT2D eigenvalue weighted by molar-refractivity contribution is 0.167. The molecule has 2 rings (SSSR count). The van der Waals surface area contributed by atoms with Crippen molar-refractivity contribution in [2.24, 2.45) is 0 Å². The molecule has 1 fully saturated rings. The van der Waals surface area contributed by atoms with Crippen LogP contribution in [0.3, 0.4) is 0 Å². The van der Waals surface area contributed by atoms with Gasteiger partial charge in [0.2, 0.25) is 0 Å². The van der Waals surface area contributed by atoms with E-state index in [1.54, 1.807) is 6.07 Å². The highest BCUT2D eigenvalue weighted by atomic mass is 35.5. The SMILES string of the molecule is CC[C@H](c1ccc(Cl)c(Cl)c1O)N1CCNCC1.Cl.Cl. The predicted molar refractivity (Wildman–Crippen MR) is 90.1 cm³/mol. The Morgan fingerprint density at radius 3 is 2.40 bits per heavy atom. The molecule has 1 aliphatic heterocycles. The fourth-order valence-corrected chi connectivity index (χ4v) is 2.82. The Hall–Kier alpha value is 0.1000. The first kappa shape index (κ1) is 20.1. The highest BCUT2D eigenvalue weighted by molar-refractivity contribution is 6.43. The number of piperazine rings is 1. The fourth-order valence-electron chi connectivity index (χ4n) is 2.49. The van der Waals surface area contributed by atoms with Gasteiger partial charge in [-0.2, -0.15) is 0 Å². The zero-order chi connectivity index (χ0) is 13.1. The normalized spacial score (nSPS) is 16.9. The fraction of sp³-hybridized carbons (Fsp3) is 0.538. The van der Waals surface area contributed by atoms with Crippen LogP contribution in [0.25, 0.3) is 0 Å². The van der Waals surface area contributed by atoms with Crippen molar-refractivity contribution in [3.05, 3.63) is 27.7 Å². The van der Waals surface area contributed by atoms with Crippen LogP contribution in [-0.2, 0) is 0 Å². The van der Waals surface area contributed by atoms with Crippen LogP contribution < -0.4 is 5.32 Å². The molecule has 1 aromatic carbocycles. The summed E-state index contributed by atoms with van der Waals surface area (Å²) in [4.78, 5) is 2.37. The number of rotatable bonds is 3. The molecule has 0 aromatic heterocycles. The van der Waals surface area contributed by atoms with Crippen molar-refractivity contribution >= 4 is 48.0 Å². The average molecular weight is 362 g/mol. The maximum atomic E-state index is 10.2. The monoisotopic (exact) mass is 360 g/mol. The van der Waals surface area contributed by atoms with E-state index in [0.717, 1.165) is 38.2 Å². The second-order valence-electron chi connectivity index (χ2n) is 4.51. The Bertz CT molecular complexity index is 425. The van der Waals surface area contributed by atoms with Crippen LogP contribution >= 0.6 is 48.0 Å². The molecule has 1 saturated heterocycles. The van der Waals surface area contributed by atoms with E-state index in [9.17, 15) is 5.11 Å². The summed E-state index contributed by atoms with van der Waals surface area (Å²) in [6.07, 6.45) is 0.936. The third kappa shape index (κ3) is 4.30. The quantitative estimate of drug-likeness (QED) is 0.856. The van der Waals surface area contributed by atoms with E-state index in [-0.39, 0.29) is 41.6 Å². The highest BCUT2D eigenvalue weighted by Crippen LogP contribution is 2.39. The third-order valence-corrected chi connectivity index (χ3v) is 4.23. The standard InChI is InChI=1S/C13H18Cl2N2O.2ClH/c1-2-11(17-7-5-16-6-8-17)9-3-4-10(14)12(15)13(9)18;;/h3-4,11,16,18H,2,5-8H2,1H3;2*1H/t11-;;/m1../s1. The van der Waals surface area contributed by atoms with Crippen LogP contribution in [0.4, 0.5) is 0 Å². The van der Waals surface area contributed by atoms with Crippen molar-refractivity contribution in [1.82, 2.24) is 10.2 Å². The molecule has 1 atom stereocenters. The Morgan fingerprint density at radius 2 is 1.85 bits per heavy atom. The van der Waals surface area contributed by atoms with Crippen molar-refractivity contribution in [2.45, 2.75) is 19.4 Å². The molecule has 1 heterocycles. The van der Waals surface area contributed by atoms with Crippen molar-refractivity contribution in [2.75, 3.05) is 26.2 Å². The molecule has 7 heteroatoms. The zero-order valence-corrected chi connectivity index (χ0v) is 14.4. The summed E-state index contributed by atoms with van der Waals surface area (Å²) in [7, 11) is 0. The first-order valence-electron chi connectivity index (χ1n) is 6.26. The van der Waals surface area contributed by atoms with E-state index in [4.69, 9.17) is 23.2 Å². The van der Waals surface area contributed by atoms with Crippen LogP contribution in [-0.4, -0.2) is 36.2 Å². The molecule has 1 aromatic rings. The molecular weight excluding hydrogens is 342 g/mol. The van der Waals surface area contributed by atoms with Gasteiger partial charge in [-0.25, -0.2) is 0 Å². The minimum Gasteiger partial charge on any atom is -0.506 e. The Labute approximate surface area is 142 Å². The average Bonchev–Trinajstić information content (AvgIpc) is 2.41. The van der Waals surface area contributed by atoms with E-state index in [0.29, 0.717) is 5.02 Å². The number of hydrogen-bond acceptors (Lipinski definition) is 3. The van der Waals surface area contributed by atoms with Gasteiger partial charge < -0.3 is 10.4 Å². The minimum atomic E-state index is 0. The summed E-state index contributed by atoms with van der Waals surface area (Å²) in [5, 5.41) is 14.1. The number of benzene rings is 1. The predicted octanol–water partition coefficient (Wildman–Crippen LogP) is 3.90. The maximum absolute atomic E-state index is 10.2. The largest absolute Gasteiger partial charge is 0.506 e. The summed E-state index contributed by atoms with van der Waals surface area (Å²) < 4.78 is 0. The van der Waals surface area contributed by atoms with Crippen LogP contribution in [0.5, 0.6) is 5.75 Å². The first-order valence-corrected chi connectivity index (χ1v) is 7.02. The first-order chi connectivity index (χ1) is 8.65. The van der Waals surface area contributed by atoms with E-state index < -0.39 is 0 Å². The van der Waals surface area contributed by atoms with Crippen molar-refractivity contribution in [3.8, 4) is 5.75 Å². The highest BCUT2D eigenvalue weighted by Gasteiger charge is 2.24. The lowest BCUT2D eigenvalue weighted by Gasteiger charge is -2.35. The molecule has 20 heavy (non-hydrogen) atoms. The lowest BCUT2D eigenvalue weighted by Crippen LogP contribution is -2.45. The second-order valence-corrected chi connectivity index (χ2v) is 5.29. The van der Waals surface area contributed by atoms with Crippen LogP contribution in [0, 0.1) is 0 Å². The van der Waals surface area contributed by atoms with Gasteiger partial charge in [0.1, 0.15) is 10.8 Å². The van der Waals surface area contributed by atoms with Gasteiger partial charge in [-0.1, -0.05) is 36.2 Å². The van der Waals surface area contributed by atoms with Gasteiger partial charge in [-0.15, -0.1) is 24.8 Å². The van der Waals surface area contributed by atoms with E-state index in [2.05, 4.69) is 17.1 Å². The maximum Gasteiger partial charge on any atom is 0.140 e. The second kappa shape index (κ2) is 9.19. The zero-order valence-electron chi connectivity index (χ0n) is 11.2. The van der Waals surface area contributed by atoms with Crippen LogP contribution in [0.2, 0.25) is 10.0 Å². The summed E-state index contributed by atoms with van der Waals surface area (Å²) in [5.74, 6) is 0.120. The number of nitrogens with one attached hydrogen (secondary N) is 1. The topological polar surface area (TPSA) is 35.5 Å². The number of aromatic hydroxyl groups is 1. The molecule has 116 valence electrons. The molecular formula is C13H20Cl4N2O. The number of halogens is 4. The van der Waals surface area contributed by atoms with E-state index in [1.165, 1.54) is 0 Å². The number of phenols is 1. The van der Waals surface area contributed by atoms with Crippen LogP contribution in [0.15, 0.2) is 12.1 Å².